The van der Waals surface area contributed by atoms with E-state index in [1.165, 1.54) is 12.1 Å². The molecule has 4 rings (SSSR count). The van der Waals surface area contributed by atoms with Crippen LogP contribution in [0.25, 0.3) is 28.4 Å². The number of nitrogens with one attached hydrogen (secondary N) is 1. The van der Waals surface area contributed by atoms with E-state index in [9.17, 15) is 19.8 Å². The van der Waals surface area contributed by atoms with Gasteiger partial charge in [0.25, 0.3) is 0 Å². The minimum atomic E-state index is -1.13. The smallest absolute Gasteiger partial charge is 0.342 e. The molecular weight excluding hydrogens is 392 g/mol. The van der Waals surface area contributed by atoms with Gasteiger partial charge in [0.05, 0.1) is 16.6 Å². The number of nitrogens with zero attached hydrogens (tertiary/aromatic N) is 1. The van der Waals surface area contributed by atoms with E-state index in [4.69, 9.17) is 4.42 Å². The van der Waals surface area contributed by atoms with E-state index >= 15 is 0 Å². The maximum absolute atomic E-state index is 11.7. The first-order chi connectivity index (χ1) is 14.0. The number of aromatic carboxylic acids is 1. The summed E-state index contributed by atoms with van der Waals surface area (Å²) in [5.74, 6) is -1.56. The first kappa shape index (κ1) is 18.6. The Morgan fingerprint density at radius 3 is 2.52 bits per heavy atom. The van der Waals surface area contributed by atoms with E-state index < -0.39 is 11.9 Å². The molecule has 0 radical (unpaired) electrons. The SMILES string of the molecule is O=C(O)/C(=C/c1ccc(-c2ccccc2C(=O)O)o1)Sc1nc2ccccc2[nH]1. The number of furan rings is 1. The van der Waals surface area contributed by atoms with E-state index in [2.05, 4.69) is 9.97 Å². The van der Waals surface area contributed by atoms with E-state index in [1.54, 1.807) is 30.3 Å². The first-order valence-corrected chi connectivity index (χ1v) is 9.33. The van der Waals surface area contributed by atoms with Gasteiger partial charge in [-0.3, -0.25) is 0 Å². The minimum absolute atomic E-state index is 0.0106. The highest BCUT2D eigenvalue weighted by Gasteiger charge is 2.16. The van der Waals surface area contributed by atoms with Crippen LogP contribution in [0, 0.1) is 0 Å². The summed E-state index contributed by atoms with van der Waals surface area (Å²) < 4.78 is 5.69. The summed E-state index contributed by atoms with van der Waals surface area (Å²) in [6.45, 7) is 0. The standard InChI is InChI=1S/C21H14N2O5S/c24-19(25)14-6-2-1-5-13(14)17-10-9-12(28-17)11-18(20(26)27)29-21-22-15-7-3-4-8-16(15)23-21/h1-11H,(H,22,23)(H,24,25)(H,26,27)/b18-11-. The van der Waals surface area contributed by atoms with Gasteiger partial charge in [0.2, 0.25) is 0 Å². The molecule has 7 nitrogen and oxygen atoms in total. The molecule has 0 aliphatic rings. The Morgan fingerprint density at radius 2 is 1.76 bits per heavy atom. The summed E-state index contributed by atoms with van der Waals surface area (Å²) in [7, 11) is 0. The molecule has 0 amide bonds. The Balaban J connectivity index is 1.65. The van der Waals surface area contributed by atoms with Crippen molar-refractivity contribution >= 4 is 40.8 Å². The lowest BCUT2D eigenvalue weighted by Crippen LogP contribution is -1.98. The topological polar surface area (TPSA) is 116 Å². The summed E-state index contributed by atoms with van der Waals surface area (Å²) in [4.78, 5) is 30.5. The lowest BCUT2D eigenvalue weighted by molar-refractivity contribution is -0.131. The number of aromatic nitrogens is 2. The van der Waals surface area contributed by atoms with Gasteiger partial charge in [-0.15, -0.1) is 0 Å². The van der Waals surface area contributed by atoms with Gasteiger partial charge in [0.1, 0.15) is 16.4 Å². The second kappa shape index (κ2) is 7.69. The summed E-state index contributed by atoms with van der Waals surface area (Å²) in [6, 6.07) is 17.1. The molecule has 0 saturated heterocycles. The number of para-hydroxylation sites is 2. The Kier molecular flexibility index (Phi) is 4.92. The van der Waals surface area contributed by atoms with Gasteiger partial charge in [-0.1, -0.05) is 30.3 Å². The van der Waals surface area contributed by atoms with Crippen molar-refractivity contribution < 1.29 is 24.2 Å². The predicted octanol–water partition coefficient (Wildman–Crippen LogP) is 4.74. The van der Waals surface area contributed by atoms with Crippen LogP contribution in [-0.2, 0) is 4.79 Å². The quantitative estimate of drug-likeness (QED) is 0.313. The molecule has 2 aromatic carbocycles. The number of hydrogen-bond acceptors (Lipinski definition) is 5. The number of carboxylic acid groups (broad SMARTS) is 2. The second-order valence-corrected chi connectivity index (χ2v) is 7.06. The third kappa shape index (κ3) is 3.92. The first-order valence-electron chi connectivity index (χ1n) is 8.51. The van der Waals surface area contributed by atoms with E-state index in [0.717, 1.165) is 22.8 Å². The van der Waals surface area contributed by atoms with Crippen LogP contribution in [0.3, 0.4) is 0 Å². The van der Waals surface area contributed by atoms with Crippen molar-refractivity contribution in [2.45, 2.75) is 5.16 Å². The monoisotopic (exact) mass is 406 g/mol. The molecule has 0 saturated carbocycles. The third-order valence-corrected chi connectivity index (χ3v) is 5.01. The van der Waals surface area contributed by atoms with E-state index in [-0.39, 0.29) is 10.5 Å². The molecule has 0 fully saturated rings. The summed E-state index contributed by atoms with van der Waals surface area (Å²) in [6.07, 6.45) is 1.38. The number of fused-ring (bicyclic) bond motifs is 1. The molecular formula is C21H14N2O5S. The maximum atomic E-state index is 11.7. The Hall–Kier alpha value is -3.78. The Labute approximate surface area is 168 Å². The van der Waals surface area contributed by atoms with Crippen molar-refractivity contribution in [3.8, 4) is 11.3 Å². The molecule has 3 N–H and O–H groups in total. The number of rotatable bonds is 6. The molecule has 0 aliphatic carbocycles. The number of carboxylic acids is 2. The van der Waals surface area contributed by atoms with Gasteiger partial charge in [-0.05, 0) is 42.1 Å². The summed E-state index contributed by atoms with van der Waals surface area (Å²) >= 11 is 0.971. The van der Waals surface area contributed by atoms with Gasteiger partial charge in [0.15, 0.2) is 5.16 Å². The number of carbonyl (C=O) groups is 2. The third-order valence-electron chi connectivity index (χ3n) is 4.11. The molecule has 0 bridgehead atoms. The minimum Gasteiger partial charge on any atom is -0.478 e. The van der Waals surface area contributed by atoms with Gasteiger partial charge in [-0.2, -0.15) is 0 Å². The molecule has 0 unspecified atom stereocenters. The fourth-order valence-electron chi connectivity index (χ4n) is 2.81. The number of aliphatic carboxylic acids is 1. The maximum Gasteiger partial charge on any atom is 0.342 e. The Bertz CT molecular complexity index is 1220. The molecule has 29 heavy (non-hydrogen) atoms. The average Bonchev–Trinajstić information content (AvgIpc) is 3.33. The van der Waals surface area contributed by atoms with Crippen LogP contribution in [0.5, 0.6) is 0 Å². The molecule has 144 valence electrons. The molecule has 2 aromatic heterocycles. The number of aromatic amines is 1. The highest BCUT2D eigenvalue weighted by atomic mass is 32.2. The van der Waals surface area contributed by atoms with Crippen LogP contribution in [0.4, 0.5) is 0 Å². The van der Waals surface area contributed by atoms with Crippen molar-refractivity contribution in [1.29, 1.82) is 0 Å². The number of hydrogen-bond donors (Lipinski definition) is 3. The highest BCUT2D eigenvalue weighted by Crippen LogP contribution is 2.31. The fraction of sp³-hybridized carbons (Fsp3) is 0. The zero-order valence-electron chi connectivity index (χ0n) is 14.8. The number of H-pyrrole nitrogens is 1. The normalized spacial score (nSPS) is 11.7. The van der Waals surface area contributed by atoms with Crippen molar-refractivity contribution in [2.24, 2.45) is 0 Å². The molecule has 4 aromatic rings. The summed E-state index contributed by atoms with van der Waals surface area (Å²) in [5.41, 5.74) is 2.07. The molecule has 0 atom stereocenters. The van der Waals surface area contributed by atoms with E-state index in [0.29, 0.717) is 22.2 Å². The lowest BCUT2D eigenvalue weighted by Gasteiger charge is -2.02. The molecule has 8 heteroatoms. The van der Waals surface area contributed by atoms with Gasteiger partial charge in [-0.25, -0.2) is 14.6 Å². The predicted molar refractivity (Wildman–Crippen MR) is 109 cm³/mol. The van der Waals surface area contributed by atoms with Crippen LogP contribution in [-0.4, -0.2) is 32.1 Å². The van der Waals surface area contributed by atoms with Gasteiger partial charge >= 0.3 is 11.9 Å². The van der Waals surface area contributed by atoms with Gasteiger partial charge < -0.3 is 19.6 Å². The zero-order chi connectivity index (χ0) is 20.4. The lowest BCUT2D eigenvalue weighted by atomic mass is 10.1. The van der Waals surface area contributed by atoms with Crippen molar-refractivity contribution in [3.63, 3.8) is 0 Å². The van der Waals surface area contributed by atoms with Crippen LogP contribution in [0.1, 0.15) is 16.1 Å². The zero-order valence-corrected chi connectivity index (χ0v) is 15.6. The number of imidazole rings is 1. The average molecular weight is 406 g/mol. The fourth-order valence-corrected chi connectivity index (χ4v) is 3.58. The van der Waals surface area contributed by atoms with E-state index in [1.807, 2.05) is 24.3 Å². The number of thioether (sulfide) groups is 1. The Morgan fingerprint density at radius 1 is 1.00 bits per heavy atom. The van der Waals surface area contributed by atoms with Crippen LogP contribution in [0.2, 0.25) is 0 Å². The van der Waals surface area contributed by atoms with Crippen molar-refractivity contribution in [3.05, 3.63) is 76.9 Å². The summed E-state index contributed by atoms with van der Waals surface area (Å²) in [5, 5.41) is 19.3. The van der Waals surface area contributed by atoms with Crippen molar-refractivity contribution in [2.75, 3.05) is 0 Å². The van der Waals surface area contributed by atoms with Crippen molar-refractivity contribution in [1.82, 2.24) is 9.97 Å². The van der Waals surface area contributed by atoms with Gasteiger partial charge in [0, 0.05) is 11.6 Å². The molecule has 2 heterocycles. The van der Waals surface area contributed by atoms with Crippen LogP contribution in [0.15, 0.2) is 75.1 Å². The largest absolute Gasteiger partial charge is 0.478 e. The van der Waals surface area contributed by atoms with Crippen LogP contribution >= 0.6 is 11.8 Å². The number of benzene rings is 2. The second-order valence-electron chi connectivity index (χ2n) is 6.03. The van der Waals surface area contributed by atoms with Crippen LogP contribution < -0.4 is 0 Å². The highest BCUT2D eigenvalue weighted by molar-refractivity contribution is 8.04. The molecule has 0 spiro atoms. The molecule has 0 aliphatic heterocycles.